The molecule has 2 saturated heterocycles. The highest BCUT2D eigenvalue weighted by Crippen LogP contribution is 2.24. The highest BCUT2D eigenvalue weighted by molar-refractivity contribution is 5.85. The lowest BCUT2D eigenvalue weighted by Gasteiger charge is -2.22. The summed E-state index contributed by atoms with van der Waals surface area (Å²) in [6.45, 7) is 7.61. The SMILES string of the molecule is CC1CC(CN)CN1CCC1CCOC1.Cl. The van der Waals surface area contributed by atoms with Gasteiger partial charge in [-0.2, -0.15) is 0 Å². The van der Waals surface area contributed by atoms with Gasteiger partial charge in [-0.25, -0.2) is 0 Å². The Morgan fingerprint density at radius 1 is 1.38 bits per heavy atom. The lowest BCUT2D eigenvalue weighted by molar-refractivity contribution is 0.176. The highest BCUT2D eigenvalue weighted by Gasteiger charge is 2.28. The molecule has 3 unspecified atom stereocenters. The minimum absolute atomic E-state index is 0. The van der Waals surface area contributed by atoms with Crippen LogP contribution in [0.15, 0.2) is 0 Å². The number of likely N-dealkylation sites (tertiary alicyclic amines) is 1. The van der Waals surface area contributed by atoms with E-state index in [9.17, 15) is 0 Å². The molecule has 2 rings (SSSR count). The van der Waals surface area contributed by atoms with Crippen LogP contribution in [-0.4, -0.2) is 43.8 Å². The molecule has 0 aliphatic carbocycles. The molecule has 16 heavy (non-hydrogen) atoms. The second-order valence-corrected chi connectivity index (χ2v) is 5.20. The van der Waals surface area contributed by atoms with Crippen LogP contribution in [-0.2, 0) is 4.74 Å². The second-order valence-electron chi connectivity index (χ2n) is 5.20. The lowest BCUT2D eigenvalue weighted by Crippen LogP contribution is -2.30. The first-order valence-electron chi connectivity index (χ1n) is 6.31. The second kappa shape index (κ2) is 6.80. The van der Waals surface area contributed by atoms with Crippen molar-refractivity contribution in [2.75, 3.05) is 32.8 Å². The summed E-state index contributed by atoms with van der Waals surface area (Å²) in [5.41, 5.74) is 5.73. The molecule has 0 aromatic heterocycles. The Labute approximate surface area is 105 Å². The van der Waals surface area contributed by atoms with Crippen molar-refractivity contribution < 1.29 is 4.74 Å². The van der Waals surface area contributed by atoms with Gasteiger partial charge in [0.2, 0.25) is 0 Å². The molecule has 2 fully saturated rings. The first kappa shape index (κ1) is 14.2. The van der Waals surface area contributed by atoms with Gasteiger partial charge in [0.05, 0.1) is 0 Å². The summed E-state index contributed by atoms with van der Waals surface area (Å²) in [7, 11) is 0. The molecule has 4 heteroatoms. The van der Waals surface area contributed by atoms with E-state index < -0.39 is 0 Å². The maximum absolute atomic E-state index is 5.73. The van der Waals surface area contributed by atoms with Gasteiger partial charge < -0.3 is 15.4 Å². The Kier molecular flexibility index (Phi) is 6.05. The molecule has 0 aromatic carbocycles. The quantitative estimate of drug-likeness (QED) is 0.820. The zero-order chi connectivity index (χ0) is 10.7. The van der Waals surface area contributed by atoms with Gasteiger partial charge in [0, 0.05) is 25.8 Å². The molecule has 0 spiro atoms. The molecule has 2 heterocycles. The van der Waals surface area contributed by atoms with E-state index in [0.29, 0.717) is 0 Å². The van der Waals surface area contributed by atoms with Gasteiger partial charge >= 0.3 is 0 Å². The predicted octanol–water partition coefficient (Wildman–Crippen LogP) is 1.50. The maximum Gasteiger partial charge on any atom is 0.0495 e. The third-order valence-electron chi connectivity index (χ3n) is 3.97. The summed E-state index contributed by atoms with van der Waals surface area (Å²) in [5.74, 6) is 1.55. The van der Waals surface area contributed by atoms with E-state index in [1.165, 1.54) is 32.4 Å². The molecule has 0 aromatic rings. The minimum atomic E-state index is 0. The largest absolute Gasteiger partial charge is 0.381 e. The van der Waals surface area contributed by atoms with Gasteiger partial charge in [0.1, 0.15) is 0 Å². The summed E-state index contributed by atoms with van der Waals surface area (Å²) in [6.07, 6.45) is 3.86. The van der Waals surface area contributed by atoms with Gasteiger partial charge in [-0.15, -0.1) is 12.4 Å². The summed E-state index contributed by atoms with van der Waals surface area (Å²) in [4.78, 5) is 2.61. The van der Waals surface area contributed by atoms with Gasteiger partial charge in [-0.3, -0.25) is 0 Å². The number of ether oxygens (including phenoxy) is 1. The third-order valence-corrected chi connectivity index (χ3v) is 3.97. The van der Waals surface area contributed by atoms with Crippen LogP contribution in [0.2, 0.25) is 0 Å². The number of nitrogens with zero attached hydrogens (tertiary/aromatic N) is 1. The third kappa shape index (κ3) is 3.59. The molecule has 2 N–H and O–H groups in total. The fourth-order valence-electron chi connectivity index (χ4n) is 2.86. The average Bonchev–Trinajstić information content (AvgIpc) is 2.84. The van der Waals surface area contributed by atoms with Crippen LogP contribution >= 0.6 is 12.4 Å². The van der Waals surface area contributed by atoms with E-state index >= 15 is 0 Å². The first-order chi connectivity index (χ1) is 7.29. The minimum Gasteiger partial charge on any atom is -0.381 e. The fourth-order valence-corrected chi connectivity index (χ4v) is 2.86. The Balaban J connectivity index is 0.00000128. The van der Waals surface area contributed by atoms with Crippen LogP contribution in [0.25, 0.3) is 0 Å². The standard InChI is InChI=1S/C12H24N2O.ClH/c1-10-6-12(7-13)8-14(10)4-2-11-3-5-15-9-11;/h10-12H,2-9,13H2,1H3;1H. The van der Waals surface area contributed by atoms with E-state index in [1.807, 2.05) is 0 Å². The summed E-state index contributed by atoms with van der Waals surface area (Å²) in [6, 6.07) is 0.737. The smallest absolute Gasteiger partial charge is 0.0495 e. The van der Waals surface area contributed by atoms with Crippen molar-refractivity contribution in [1.82, 2.24) is 4.90 Å². The Bertz CT molecular complexity index is 197. The lowest BCUT2D eigenvalue weighted by atomic mass is 10.0. The van der Waals surface area contributed by atoms with Crippen LogP contribution in [0.4, 0.5) is 0 Å². The van der Waals surface area contributed by atoms with Crippen LogP contribution < -0.4 is 5.73 Å². The molecule has 3 atom stereocenters. The number of hydrogen-bond acceptors (Lipinski definition) is 3. The molecule has 0 bridgehead atoms. The van der Waals surface area contributed by atoms with Crippen LogP contribution in [0, 0.1) is 11.8 Å². The molecule has 0 saturated carbocycles. The van der Waals surface area contributed by atoms with Crippen molar-refractivity contribution in [2.45, 2.75) is 32.2 Å². The molecule has 0 amide bonds. The Morgan fingerprint density at radius 2 is 2.19 bits per heavy atom. The van der Waals surface area contributed by atoms with E-state index in [0.717, 1.165) is 37.6 Å². The average molecular weight is 249 g/mol. The van der Waals surface area contributed by atoms with Crippen molar-refractivity contribution >= 4 is 12.4 Å². The van der Waals surface area contributed by atoms with Crippen molar-refractivity contribution in [3.8, 4) is 0 Å². The maximum atomic E-state index is 5.73. The van der Waals surface area contributed by atoms with Gasteiger partial charge in [0.15, 0.2) is 0 Å². The van der Waals surface area contributed by atoms with E-state index in [2.05, 4.69) is 11.8 Å². The van der Waals surface area contributed by atoms with E-state index in [1.54, 1.807) is 0 Å². The number of nitrogens with two attached hydrogens (primary N) is 1. The normalized spacial score (nSPS) is 35.2. The number of halogens is 1. The van der Waals surface area contributed by atoms with E-state index in [4.69, 9.17) is 10.5 Å². The van der Waals surface area contributed by atoms with Crippen LogP contribution in [0.5, 0.6) is 0 Å². The molecule has 0 radical (unpaired) electrons. The first-order valence-corrected chi connectivity index (χ1v) is 6.31. The van der Waals surface area contributed by atoms with Crippen molar-refractivity contribution in [3.05, 3.63) is 0 Å². The summed E-state index contributed by atoms with van der Waals surface area (Å²) >= 11 is 0. The van der Waals surface area contributed by atoms with Gasteiger partial charge in [-0.05, 0) is 51.1 Å². The van der Waals surface area contributed by atoms with Crippen molar-refractivity contribution in [2.24, 2.45) is 17.6 Å². The topological polar surface area (TPSA) is 38.5 Å². The number of hydrogen-bond donors (Lipinski definition) is 1. The van der Waals surface area contributed by atoms with Gasteiger partial charge in [0.25, 0.3) is 0 Å². The predicted molar refractivity (Wildman–Crippen MR) is 69.0 cm³/mol. The Hall–Kier alpha value is 0.170. The Morgan fingerprint density at radius 3 is 2.75 bits per heavy atom. The van der Waals surface area contributed by atoms with Gasteiger partial charge in [-0.1, -0.05) is 0 Å². The molecular weight excluding hydrogens is 224 g/mol. The summed E-state index contributed by atoms with van der Waals surface area (Å²) < 4.78 is 5.40. The summed E-state index contributed by atoms with van der Waals surface area (Å²) in [5, 5.41) is 0. The zero-order valence-corrected chi connectivity index (χ0v) is 11.0. The monoisotopic (exact) mass is 248 g/mol. The molecule has 3 nitrogen and oxygen atoms in total. The molecule has 2 aliphatic rings. The van der Waals surface area contributed by atoms with E-state index in [-0.39, 0.29) is 12.4 Å². The highest BCUT2D eigenvalue weighted by atomic mass is 35.5. The van der Waals surface area contributed by atoms with Crippen LogP contribution in [0.1, 0.15) is 26.2 Å². The zero-order valence-electron chi connectivity index (χ0n) is 10.2. The fraction of sp³-hybridized carbons (Fsp3) is 1.00. The van der Waals surface area contributed by atoms with Crippen molar-refractivity contribution in [3.63, 3.8) is 0 Å². The van der Waals surface area contributed by atoms with Crippen molar-refractivity contribution in [1.29, 1.82) is 0 Å². The molecule has 96 valence electrons. The molecule has 2 aliphatic heterocycles. The number of rotatable bonds is 4. The molecular formula is C12H25ClN2O. The van der Waals surface area contributed by atoms with Crippen LogP contribution in [0.3, 0.4) is 0 Å².